The number of nitrogens with zero attached hydrogens (tertiary/aromatic N) is 2. The third kappa shape index (κ3) is 9.29. The number of hydrogen-bond acceptors (Lipinski definition) is 5. The van der Waals surface area contributed by atoms with E-state index in [-0.39, 0.29) is 49.2 Å². The maximum atomic E-state index is 13.9. The first-order valence-electron chi connectivity index (χ1n) is 14.1. The second kappa shape index (κ2) is 15.2. The van der Waals surface area contributed by atoms with Crippen LogP contribution in [0.15, 0.2) is 108 Å². The molecule has 0 bridgehead atoms. The molecule has 2 amide bonds. The normalized spacial score (nSPS) is 12.0. The summed E-state index contributed by atoms with van der Waals surface area (Å²) in [7, 11) is -3.59. The smallest absolute Gasteiger partial charge is 0.243 e. The Balaban J connectivity index is 1.58. The van der Waals surface area contributed by atoms with E-state index >= 15 is 0 Å². The Morgan fingerprint density at radius 3 is 2.19 bits per heavy atom. The fourth-order valence-corrected chi connectivity index (χ4v) is 5.68. The van der Waals surface area contributed by atoms with Crippen molar-refractivity contribution in [1.29, 1.82) is 0 Å². The van der Waals surface area contributed by atoms with Gasteiger partial charge in [-0.2, -0.15) is 0 Å². The molecular weight excluding hydrogens is 567 g/mol. The van der Waals surface area contributed by atoms with E-state index in [1.807, 2.05) is 42.5 Å². The van der Waals surface area contributed by atoms with Crippen molar-refractivity contribution in [3.05, 3.63) is 131 Å². The predicted molar refractivity (Wildman–Crippen MR) is 163 cm³/mol. The highest BCUT2D eigenvalue weighted by atomic mass is 32.2. The van der Waals surface area contributed by atoms with Crippen molar-refractivity contribution in [2.75, 3.05) is 6.54 Å². The van der Waals surface area contributed by atoms with Gasteiger partial charge >= 0.3 is 0 Å². The zero-order valence-corrected chi connectivity index (χ0v) is 24.8. The molecule has 3 aromatic carbocycles. The van der Waals surface area contributed by atoms with Crippen LogP contribution in [-0.2, 0) is 45.5 Å². The van der Waals surface area contributed by atoms with E-state index in [0.717, 1.165) is 11.1 Å². The zero-order chi connectivity index (χ0) is 30.7. The molecule has 4 aromatic rings. The van der Waals surface area contributed by atoms with Crippen molar-refractivity contribution in [3.8, 4) is 0 Å². The number of pyridine rings is 1. The average Bonchev–Trinajstić information content (AvgIpc) is 3.02. The summed E-state index contributed by atoms with van der Waals surface area (Å²) < 4.78 is 40.7. The second-order valence-corrected chi connectivity index (χ2v) is 11.8. The van der Waals surface area contributed by atoms with Crippen LogP contribution in [0.5, 0.6) is 0 Å². The fourth-order valence-electron chi connectivity index (χ4n) is 4.64. The summed E-state index contributed by atoms with van der Waals surface area (Å²) in [4.78, 5) is 33.5. The van der Waals surface area contributed by atoms with Crippen molar-refractivity contribution in [2.24, 2.45) is 0 Å². The molecule has 4 rings (SSSR count). The minimum absolute atomic E-state index is 0.0827. The number of sulfonamides is 1. The molecule has 0 aliphatic heterocycles. The molecule has 10 heteroatoms. The first-order chi connectivity index (χ1) is 20.7. The topological polar surface area (TPSA) is 108 Å². The summed E-state index contributed by atoms with van der Waals surface area (Å²) in [5.41, 5.74) is 3.04. The Morgan fingerprint density at radius 2 is 1.53 bits per heavy atom. The van der Waals surface area contributed by atoms with Gasteiger partial charge in [-0.3, -0.25) is 14.6 Å². The summed E-state index contributed by atoms with van der Waals surface area (Å²) in [5, 5.41) is 2.94. The van der Waals surface area contributed by atoms with Gasteiger partial charge in [0.2, 0.25) is 21.8 Å². The maximum absolute atomic E-state index is 13.9. The van der Waals surface area contributed by atoms with Gasteiger partial charge in [0, 0.05) is 32.1 Å². The van der Waals surface area contributed by atoms with Crippen LogP contribution in [-0.4, -0.2) is 42.7 Å². The molecule has 224 valence electrons. The second-order valence-electron chi connectivity index (χ2n) is 10.0. The van der Waals surface area contributed by atoms with Gasteiger partial charge in [-0.25, -0.2) is 17.5 Å². The number of carbonyl (C=O) groups excluding carboxylic acids is 2. The largest absolute Gasteiger partial charge is 0.349 e. The number of aromatic nitrogens is 1. The molecule has 0 fully saturated rings. The van der Waals surface area contributed by atoms with E-state index < -0.39 is 21.9 Å². The quantitative estimate of drug-likeness (QED) is 0.222. The summed E-state index contributed by atoms with van der Waals surface area (Å²) in [5.74, 6) is -0.985. The average molecular weight is 603 g/mol. The summed E-state index contributed by atoms with van der Waals surface area (Å²) in [6.45, 7) is 2.29. The molecule has 43 heavy (non-hydrogen) atoms. The molecule has 8 nitrogen and oxygen atoms in total. The molecule has 1 atom stereocenters. The van der Waals surface area contributed by atoms with Crippen LogP contribution in [0, 0.1) is 5.82 Å². The van der Waals surface area contributed by atoms with E-state index in [1.54, 1.807) is 43.5 Å². The summed E-state index contributed by atoms with van der Waals surface area (Å²) in [6, 6.07) is 26.3. The molecule has 0 unspecified atom stereocenters. The van der Waals surface area contributed by atoms with E-state index in [9.17, 15) is 22.4 Å². The van der Waals surface area contributed by atoms with Gasteiger partial charge in [-0.15, -0.1) is 0 Å². The predicted octanol–water partition coefficient (Wildman–Crippen LogP) is 4.41. The van der Waals surface area contributed by atoms with Gasteiger partial charge in [-0.05, 0) is 59.5 Å². The van der Waals surface area contributed by atoms with Crippen LogP contribution in [0.3, 0.4) is 0 Å². The lowest BCUT2D eigenvalue weighted by atomic mass is 10.0. The summed E-state index contributed by atoms with van der Waals surface area (Å²) in [6.07, 6.45) is 2.35. The van der Waals surface area contributed by atoms with Crippen molar-refractivity contribution in [2.45, 2.75) is 50.2 Å². The van der Waals surface area contributed by atoms with E-state index in [2.05, 4.69) is 15.0 Å². The van der Waals surface area contributed by atoms with Crippen LogP contribution < -0.4 is 10.0 Å². The molecule has 0 aliphatic carbocycles. The molecule has 0 saturated carbocycles. The van der Waals surface area contributed by atoms with Gasteiger partial charge < -0.3 is 10.2 Å². The Labute approximate surface area is 252 Å². The van der Waals surface area contributed by atoms with Crippen LogP contribution >= 0.6 is 0 Å². The van der Waals surface area contributed by atoms with E-state index in [4.69, 9.17) is 0 Å². The lowest BCUT2D eigenvalue weighted by Gasteiger charge is -2.31. The Morgan fingerprint density at radius 1 is 0.860 bits per heavy atom. The van der Waals surface area contributed by atoms with Crippen molar-refractivity contribution in [3.63, 3.8) is 0 Å². The van der Waals surface area contributed by atoms with Crippen LogP contribution in [0.4, 0.5) is 4.39 Å². The highest BCUT2D eigenvalue weighted by Gasteiger charge is 2.30. The number of hydrogen-bond donors (Lipinski definition) is 2. The van der Waals surface area contributed by atoms with Gasteiger partial charge in [0.15, 0.2) is 0 Å². The number of halogens is 1. The van der Waals surface area contributed by atoms with E-state index in [0.29, 0.717) is 17.7 Å². The SMILES string of the molecule is CCNS(=O)(=O)c1ccc(CCC(=O)N(Cc2ccc(F)cc2)[C@@H](Cc2ccccc2)C(=O)NCc2ccccn2)cc1. The third-order valence-corrected chi connectivity index (χ3v) is 8.46. The highest BCUT2D eigenvalue weighted by Crippen LogP contribution is 2.18. The number of amides is 2. The van der Waals surface area contributed by atoms with Crippen molar-refractivity contribution >= 4 is 21.8 Å². The fraction of sp³-hybridized carbons (Fsp3) is 0.242. The highest BCUT2D eigenvalue weighted by molar-refractivity contribution is 7.89. The molecule has 0 aliphatic rings. The first-order valence-corrected chi connectivity index (χ1v) is 15.6. The monoisotopic (exact) mass is 602 g/mol. The van der Waals surface area contributed by atoms with Crippen LogP contribution in [0.2, 0.25) is 0 Å². The maximum Gasteiger partial charge on any atom is 0.243 e. The van der Waals surface area contributed by atoms with E-state index in [1.165, 1.54) is 29.2 Å². The van der Waals surface area contributed by atoms with Crippen LogP contribution in [0.1, 0.15) is 35.7 Å². The van der Waals surface area contributed by atoms with Gasteiger partial charge in [0.25, 0.3) is 0 Å². The molecule has 1 heterocycles. The van der Waals surface area contributed by atoms with Crippen LogP contribution in [0.25, 0.3) is 0 Å². The Kier molecular flexibility index (Phi) is 11.1. The Hall–Kier alpha value is -4.41. The lowest BCUT2D eigenvalue weighted by molar-refractivity contribution is -0.141. The standard InChI is InChI=1S/C33H35FN4O4S/c1-2-37-43(41,42)30-18-13-25(14-19-30)15-20-32(39)38(24-27-11-16-28(34)17-12-27)31(22-26-8-4-3-5-9-26)33(40)36-23-29-10-6-7-21-35-29/h3-14,16-19,21,31,37H,2,15,20,22-24H2,1H3,(H,36,40)/t31-/m0/s1. The zero-order valence-electron chi connectivity index (χ0n) is 23.9. The molecule has 0 saturated heterocycles. The number of carbonyl (C=O) groups is 2. The molecule has 1 aromatic heterocycles. The number of rotatable bonds is 14. The Bertz CT molecular complexity index is 1580. The van der Waals surface area contributed by atoms with Gasteiger partial charge in [-0.1, -0.05) is 67.6 Å². The van der Waals surface area contributed by atoms with Crippen molar-refractivity contribution in [1.82, 2.24) is 19.9 Å². The number of aryl methyl sites for hydroxylation is 1. The third-order valence-electron chi connectivity index (χ3n) is 6.90. The minimum Gasteiger partial charge on any atom is -0.349 e. The minimum atomic E-state index is -3.59. The number of benzene rings is 3. The number of nitrogens with one attached hydrogen (secondary N) is 2. The summed E-state index contributed by atoms with van der Waals surface area (Å²) >= 11 is 0. The van der Waals surface area contributed by atoms with Crippen molar-refractivity contribution < 1.29 is 22.4 Å². The molecule has 2 N–H and O–H groups in total. The molecule has 0 radical (unpaired) electrons. The molecule has 0 spiro atoms. The molecular formula is C33H35FN4O4S. The van der Waals surface area contributed by atoms with Gasteiger partial charge in [0.05, 0.1) is 17.1 Å². The first kappa shape index (κ1) is 31.5. The van der Waals surface area contributed by atoms with Gasteiger partial charge in [0.1, 0.15) is 11.9 Å². The lowest BCUT2D eigenvalue weighted by Crippen LogP contribution is -2.50.